The Morgan fingerprint density at radius 3 is 2.70 bits per heavy atom. The number of phenolic OH excluding ortho intramolecular Hbond substituents is 1. The van der Waals surface area contributed by atoms with Crippen LogP contribution in [0.3, 0.4) is 0 Å². The maximum Gasteiger partial charge on any atom is 0.255 e. The molecule has 1 aliphatic carbocycles. The van der Waals surface area contributed by atoms with Crippen LogP contribution in [-0.4, -0.2) is 24.1 Å². The van der Waals surface area contributed by atoms with Gasteiger partial charge in [0.1, 0.15) is 5.75 Å². The molecule has 20 heavy (non-hydrogen) atoms. The Labute approximate surface area is 117 Å². The number of rotatable bonds is 4. The summed E-state index contributed by atoms with van der Waals surface area (Å²) in [5, 5.41) is 14.7. The highest BCUT2D eigenvalue weighted by Gasteiger charge is 2.41. The van der Waals surface area contributed by atoms with Crippen LogP contribution in [0.5, 0.6) is 5.75 Å². The first-order valence-corrected chi connectivity index (χ1v) is 6.84. The Morgan fingerprint density at radius 2 is 2.00 bits per heavy atom. The summed E-state index contributed by atoms with van der Waals surface area (Å²) in [7, 11) is 0. The largest absolute Gasteiger partial charge is 0.506 e. The fourth-order valence-corrected chi connectivity index (χ4v) is 2.43. The minimum atomic E-state index is -0.243. The quantitative estimate of drug-likeness (QED) is 0.795. The number of nitrogens with two attached hydrogens (primary N) is 1. The summed E-state index contributed by atoms with van der Waals surface area (Å²) in [5.41, 5.74) is 6.10. The Morgan fingerprint density at radius 1 is 1.25 bits per heavy atom. The third kappa shape index (κ3) is 2.23. The Kier molecular flexibility index (Phi) is 3.10. The number of hydrogen-bond donors (Lipinski definition) is 3. The van der Waals surface area contributed by atoms with E-state index in [1.54, 1.807) is 6.07 Å². The molecule has 4 N–H and O–H groups in total. The van der Waals surface area contributed by atoms with Crippen LogP contribution >= 0.6 is 0 Å². The van der Waals surface area contributed by atoms with Crippen LogP contribution in [-0.2, 0) is 0 Å². The summed E-state index contributed by atoms with van der Waals surface area (Å²) in [6.45, 7) is 1.17. The fraction of sp³-hybridized carbons (Fsp3) is 0.312. The van der Waals surface area contributed by atoms with Crippen molar-refractivity contribution in [3.8, 4) is 5.75 Å². The Bertz CT molecular complexity index is 663. The van der Waals surface area contributed by atoms with Gasteiger partial charge >= 0.3 is 0 Å². The molecule has 2 aromatic carbocycles. The summed E-state index contributed by atoms with van der Waals surface area (Å²) < 4.78 is 0. The second-order valence-electron chi connectivity index (χ2n) is 5.57. The maximum absolute atomic E-state index is 12.2. The first kappa shape index (κ1) is 12.9. The van der Waals surface area contributed by atoms with Crippen molar-refractivity contribution in [3.05, 3.63) is 42.0 Å². The normalized spacial score (nSPS) is 16.1. The highest BCUT2D eigenvalue weighted by molar-refractivity contribution is 6.03. The molecule has 0 atom stereocenters. The van der Waals surface area contributed by atoms with Gasteiger partial charge in [0.2, 0.25) is 0 Å². The van der Waals surface area contributed by atoms with Crippen molar-refractivity contribution in [2.24, 2.45) is 11.1 Å². The molecule has 0 saturated heterocycles. The monoisotopic (exact) mass is 270 g/mol. The van der Waals surface area contributed by atoms with E-state index in [0.717, 1.165) is 18.2 Å². The van der Waals surface area contributed by atoms with Gasteiger partial charge in [-0.05, 0) is 30.8 Å². The number of nitrogens with one attached hydrogen (secondary N) is 1. The predicted octanol–water partition coefficient (Wildman–Crippen LogP) is 2.01. The minimum absolute atomic E-state index is 0.0400. The first-order chi connectivity index (χ1) is 9.65. The zero-order chi connectivity index (χ0) is 14.2. The number of carbonyl (C=O) groups is 1. The van der Waals surface area contributed by atoms with Gasteiger partial charge in [0.15, 0.2) is 0 Å². The van der Waals surface area contributed by atoms with Gasteiger partial charge in [-0.15, -0.1) is 0 Å². The van der Waals surface area contributed by atoms with Gasteiger partial charge in [0.05, 0.1) is 5.56 Å². The lowest BCUT2D eigenvalue weighted by Gasteiger charge is -2.14. The van der Waals surface area contributed by atoms with Crippen LogP contribution in [0.2, 0.25) is 0 Å². The molecular formula is C16H18N2O2. The highest BCUT2D eigenvalue weighted by Crippen LogP contribution is 2.43. The van der Waals surface area contributed by atoms with Crippen LogP contribution in [0.4, 0.5) is 0 Å². The lowest BCUT2D eigenvalue weighted by atomic mass is 10.0. The summed E-state index contributed by atoms with van der Waals surface area (Å²) in [4.78, 5) is 12.2. The molecule has 104 valence electrons. The maximum atomic E-state index is 12.2. The molecule has 0 aliphatic heterocycles. The molecule has 0 unspecified atom stereocenters. The van der Waals surface area contributed by atoms with Crippen molar-refractivity contribution in [3.63, 3.8) is 0 Å². The lowest BCUT2D eigenvalue weighted by molar-refractivity contribution is 0.0943. The molecule has 1 aliphatic rings. The van der Waals surface area contributed by atoms with Crippen LogP contribution < -0.4 is 11.1 Å². The van der Waals surface area contributed by atoms with Crippen molar-refractivity contribution in [1.29, 1.82) is 0 Å². The molecule has 0 spiro atoms. The number of carbonyl (C=O) groups excluding carboxylic acids is 1. The van der Waals surface area contributed by atoms with Crippen LogP contribution in [0.1, 0.15) is 23.2 Å². The summed E-state index contributed by atoms with van der Waals surface area (Å²) >= 11 is 0. The number of benzene rings is 2. The van der Waals surface area contributed by atoms with Crippen molar-refractivity contribution < 1.29 is 9.90 Å². The molecule has 0 heterocycles. The summed E-state index contributed by atoms with van der Waals surface area (Å²) in [6.07, 6.45) is 2.13. The van der Waals surface area contributed by atoms with Crippen molar-refractivity contribution >= 4 is 16.7 Å². The first-order valence-electron chi connectivity index (χ1n) is 6.84. The average molecular weight is 270 g/mol. The van der Waals surface area contributed by atoms with Crippen LogP contribution in [0, 0.1) is 5.41 Å². The predicted molar refractivity (Wildman–Crippen MR) is 78.7 cm³/mol. The molecule has 0 aromatic heterocycles. The Balaban J connectivity index is 1.82. The van der Waals surface area contributed by atoms with Gasteiger partial charge < -0.3 is 16.2 Å². The van der Waals surface area contributed by atoms with E-state index in [4.69, 9.17) is 5.73 Å². The third-order valence-electron chi connectivity index (χ3n) is 4.16. The summed E-state index contributed by atoms with van der Waals surface area (Å²) in [5.74, 6) is -0.203. The van der Waals surface area contributed by atoms with Gasteiger partial charge in [-0.2, -0.15) is 0 Å². The molecule has 4 heteroatoms. The zero-order valence-electron chi connectivity index (χ0n) is 11.2. The van der Waals surface area contributed by atoms with Crippen LogP contribution in [0.15, 0.2) is 36.4 Å². The molecule has 1 saturated carbocycles. The second-order valence-corrected chi connectivity index (χ2v) is 5.57. The molecular weight excluding hydrogens is 252 g/mol. The lowest BCUT2D eigenvalue weighted by Crippen LogP contribution is -2.33. The molecule has 1 amide bonds. The van der Waals surface area contributed by atoms with E-state index in [1.807, 2.05) is 30.3 Å². The molecule has 1 fully saturated rings. The topological polar surface area (TPSA) is 75.3 Å². The van der Waals surface area contributed by atoms with E-state index in [2.05, 4.69) is 5.32 Å². The third-order valence-corrected chi connectivity index (χ3v) is 4.16. The van der Waals surface area contributed by atoms with Gasteiger partial charge in [-0.3, -0.25) is 4.79 Å². The number of phenols is 1. The van der Waals surface area contributed by atoms with E-state index >= 15 is 0 Å². The van der Waals surface area contributed by atoms with Gasteiger partial charge in [0.25, 0.3) is 5.91 Å². The molecule has 2 aromatic rings. The van der Waals surface area contributed by atoms with Crippen molar-refractivity contribution in [1.82, 2.24) is 5.32 Å². The smallest absolute Gasteiger partial charge is 0.255 e. The molecule has 0 radical (unpaired) electrons. The van der Waals surface area contributed by atoms with Crippen molar-refractivity contribution in [2.75, 3.05) is 13.1 Å². The van der Waals surface area contributed by atoms with E-state index in [0.29, 0.717) is 24.0 Å². The van der Waals surface area contributed by atoms with Crippen molar-refractivity contribution in [2.45, 2.75) is 12.8 Å². The number of amides is 1. The Hall–Kier alpha value is -2.07. The van der Waals surface area contributed by atoms with Gasteiger partial charge in [-0.1, -0.05) is 30.3 Å². The average Bonchev–Trinajstić information content (AvgIpc) is 3.26. The molecule has 0 bridgehead atoms. The number of fused-ring (bicyclic) bond motifs is 1. The van der Waals surface area contributed by atoms with E-state index < -0.39 is 0 Å². The standard InChI is InChI=1S/C16H18N2O2/c17-9-16(7-8-16)10-18-15(20)13-6-5-11-3-1-2-4-12(11)14(13)19/h1-6,19H,7-10,17H2,(H,18,20). The SMILES string of the molecule is NCC1(CNC(=O)c2ccc3ccccc3c2O)CC1. The number of aromatic hydroxyl groups is 1. The number of hydrogen-bond acceptors (Lipinski definition) is 3. The van der Waals surface area contributed by atoms with Gasteiger partial charge in [-0.25, -0.2) is 0 Å². The fourth-order valence-electron chi connectivity index (χ4n) is 2.43. The molecule has 3 rings (SSSR count). The highest BCUT2D eigenvalue weighted by atomic mass is 16.3. The second kappa shape index (κ2) is 4.80. The molecule has 4 nitrogen and oxygen atoms in total. The van der Waals surface area contributed by atoms with E-state index in [9.17, 15) is 9.90 Å². The zero-order valence-corrected chi connectivity index (χ0v) is 11.2. The van der Waals surface area contributed by atoms with Gasteiger partial charge in [0, 0.05) is 17.3 Å². The minimum Gasteiger partial charge on any atom is -0.506 e. The van der Waals surface area contributed by atoms with E-state index in [1.165, 1.54) is 0 Å². The van der Waals surface area contributed by atoms with E-state index in [-0.39, 0.29) is 17.1 Å². The summed E-state index contributed by atoms with van der Waals surface area (Å²) in [6, 6.07) is 11.0. The van der Waals surface area contributed by atoms with Crippen LogP contribution in [0.25, 0.3) is 10.8 Å².